The van der Waals surface area contributed by atoms with Crippen LogP contribution in [0.25, 0.3) is 0 Å². The number of rotatable bonds is 4. The van der Waals surface area contributed by atoms with Crippen molar-refractivity contribution >= 4 is 0 Å². The first kappa shape index (κ1) is 13.3. The van der Waals surface area contributed by atoms with Gasteiger partial charge in [-0.05, 0) is 36.2 Å². The van der Waals surface area contributed by atoms with Gasteiger partial charge in [0.2, 0.25) is 0 Å². The highest BCUT2D eigenvalue weighted by molar-refractivity contribution is 5.22. The molecular weight excluding hydrogens is 264 g/mol. The van der Waals surface area contributed by atoms with Crippen LogP contribution in [-0.2, 0) is 11.3 Å². The molecule has 1 aromatic heterocycles. The van der Waals surface area contributed by atoms with E-state index in [2.05, 4.69) is 5.32 Å². The Morgan fingerprint density at radius 1 is 1.20 bits per heavy atom. The third-order valence-electron chi connectivity index (χ3n) is 3.48. The third-order valence-corrected chi connectivity index (χ3v) is 3.48. The molecule has 0 spiro atoms. The molecule has 1 N–H and O–H groups in total. The van der Waals surface area contributed by atoms with Gasteiger partial charge in [0.25, 0.3) is 0 Å². The van der Waals surface area contributed by atoms with E-state index in [-0.39, 0.29) is 12.1 Å². The molecule has 1 aliphatic heterocycles. The fourth-order valence-electron chi connectivity index (χ4n) is 2.46. The molecule has 1 saturated heterocycles. The molecule has 1 fully saturated rings. The zero-order valence-electron chi connectivity index (χ0n) is 10.8. The average molecular weight is 279 g/mol. The van der Waals surface area contributed by atoms with Gasteiger partial charge in [-0.3, -0.25) is 0 Å². The Morgan fingerprint density at radius 3 is 2.85 bits per heavy atom. The first-order valence-electron chi connectivity index (χ1n) is 6.56. The number of hydrogen-bond donors (Lipinski definition) is 1. The average Bonchev–Trinajstić information content (AvgIpc) is 3.10. The predicted molar refractivity (Wildman–Crippen MR) is 69.0 cm³/mol. The molecule has 2 atom stereocenters. The molecule has 0 aliphatic carbocycles. The largest absolute Gasteiger partial charge is 0.468 e. The van der Waals surface area contributed by atoms with Crippen LogP contribution in [0.4, 0.5) is 8.78 Å². The lowest BCUT2D eigenvalue weighted by atomic mass is 10.0. The van der Waals surface area contributed by atoms with Crippen molar-refractivity contribution in [2.24, 2.45) is 0 Å². The number of benzene rings is 1. The summed E-state index contributed by atoms with van der Waals surface area (Å²) < 4.78 is 37.2. The zero-order chi connectivity index (χ0) is 13.9. The van der Waals surface area contributed by atoms with Gasteiger partial charge in [0.15, 0.2) is 11.6 Å². The Morgan fingerprint density at radius 2 is 2.10 bits per heavy atom. The lowest BCUT2D eigenvalue weighted by molar-refractivity contribution is 0.0977. The van der Waals surface area contributed by atoms with Gasteiger partial charge in [0.1, 0.15) is 5.76 Å². The maximum atomic E-state index is 13.3. The first-order valence-corrected chi connectivity index (χ1v) is 6.56. The molecule has 3 rings (SSSR count). The Hall–Kier alpha value is -1.72. The number of hydrogen-bond acceptors (Lipinski definition) is 3. The van der Waals surface area contributed by atoms with E-state index >= 15 is 0 Å². The molecule has 1 aromatic carbocycles. The van der Waals surface area contributed by atoms with Crippen molar-refractivity contribution in [2.45, 2.75) is 25.1 Å². The minimum Gasteiger partial charge on any atom is -0.468 e. The number of ether oxygens (including phenoxy) is 1. The van der Waals surface area contributed by atoms with Gasteiger partial charge in [-0.15, -0.1) is 0 Å². The van der Waals surface area contributed by atoms with E-state index in [1.165, 1.54) is 6.07 Å². The summed E-state index contributed by atoms with van der Waals surface area (Å²) in [5, 5.41) is 3.33. The van der Waals surface area contributed by atoms with E-state index in [0.717, 1.165) is 18.2 Å². The van der Waals surface area contributed by atoms with E-state index in [9.17, 15) is 8.78 Å². The SMILES string of the molecule is Fc1ccc([C@@H]2OCC[C@@H]2NCc2ccco2)cc1F. The summed E-state index contributed by atoms with van der Waals surface area (Å²) in [6, 6.07) is 7.67. The summed E-state index contributed by atoms with van der Waals surface area (Å²) in [5.74, 6) is -0.851. The Labute approximate surface area is 115 Å². The van der Waals surface area contributed by atoms with Crippen molar-refractivity contribution in [1.29, 1.82) is 0 Å². The number of nitrogens with one attached hydrogen (secondary N) is 1. The van der Waals surface area contributed by atoms with Crippen LogP contribution >= 0.6 is 0 Å². The standard InChI is InChI=1S/C15H15F2NO2/c16-12-4-3-10(8-13(12)17)15-14(5-7-20-15)18-9-11-2-1-6-19-11/h1-4,6,8,14-15,18H,5,7,9H2/t14-,15-/m0/s1. The maximum absolute atomic E-state index is 13.3. The van der Waals surface area contributed by atoms with Crippen LogP contribution < -0.4 is 5.32 Å². The molecular formula is C15H15F2NO2. The van der Waals surface area contributed by atoms with Crippen LogP contribution in [0.5, 0.6) is 0 Å². The van der Waals surface area contributed by atoms with Gasteiger partial charge in [-0.2, -0.15) is 0 Å². The summed E-state index contributed by atoms with van der Waals surface area (Å²) in [5.41, 5.74) is 0.651. The van der Waals surface area contributed by atoms with Crippen molar-refractivity contribution < 1.29 is 17.9 Å². The van der Waals surface area contributed by atoms with E-state index in [1.54, 1.807) is 12.3 Å². The molecule has 0 radical (unpaired) electrons. The minimum absolute atomic E-state index is 0.0601. The molecule has 0 bridgehead atoms. The molecule has 0 saturated carbocycles. The Bertz CT molecular complexity index is 571. The van der Waals surface area contributed by atoms with Gasteiger partial charge in [-0.25, -0.2) is 8.78 Å². The van der Waals surface area contributed by atoms with E-state index in [1.807, 2.05) is 12.1 Å². The van der Waals surface area contributed by atoms with Crippen LogP contribution in [-0.4, -0.2) is 12.6 Å². The van der Waals surface area contributed by atoms with Crippen LogP contribution in [0.3, 0.4) is 0 Å². The second-order valence-corrected chi connectivity index (χ2v) is 4.82. The highest BCUT2D eigenvalue weighted by Crippen LogP contribution is 2.30. The zero-order valence-corrected chi connectivity index (χ0v) is 10.8. The summed E-state index contributed by atoms with van der Waals surface area (Å²) >= 11 is 0. The van der Waals surface area contributed by atoms with Crippen LogP contribution in [0.15, 0.2) is 41.0 Å². The minimum atomic E-state index is -0.845. The normalized spacial score (nSPS) is 22.3. The topological polar surface area (TPSA) is 34.4 Å². The van der Waals surface area contributed by atoms with Gasteiger partial charge in [0, 0.05) is 12.6 Å². The fourth-order valence-corrected chi connectivity index (χ4v) is 2.46. The highest BCUT2D eigenvalue weighted by atomic mass is 19.2. The van der Waals surface area contributed by atoms with Gasteiger partial charge >= 0.3 is 0 Å². The molecule has 3 nitrogen and oxygen atoms in total. The van der Waals surface area contributed by atoms with Gasteiger partial charge in [-0.1, -0.05) is 6.07 Å². The molecule has 5 heteroatoms. The lowest BCUT2D eigenvalue weighted by Crippen LogP contribution is -2.31. The molecule has 1 aliphatic rings. The fraction of sp³-hybridized carbons (Fsp3) is 0.333. The predicted octanol–water partition coefficient (Wildman–Crippen LogP) is 3.18. The summed E-state index contributed by atoms with van der Waals surface area (Å²) in [6.07, 6.45) is 2.18. The van der Waals surface area contributed by atoms with Crippen LogP contribution in [0.1, 0.15) is 23.8 Å². The van der Waals surface area contributed by atoms with E-state index < -0.39 is 11.6 Å². The first-order chi connectivity index (χ1) is 9.74. The smallest absolute Gasteiger partial charge is 0.159 e. The Balaban J connectivity index is 1.69. The molecule has 2 heterocycles. The second kappa shape index (κ2) is 5.73. The summed E-state index contributed by atoms with van der Waals surface area (Å²) in [6.45, 7) is 1.18. The van der Waals surface area contributed by atoms with Crippen molar-refractivity contribution in [3.63, 3.8) is 0 Å². The van der Waals surface area contributed by atoms with Crippen LogP contribution in [0.2, 0.25) is 0 Å². The molecule has 106 valence electrons. The van der Waals surface area contributed by atoms with Gasteiger partial charge < -0.3 is 14.5 Å². The molecule has 0 amide bonds. The monoisotopic (exact) mass is 279 g/mol. The quantitative estimate of drug-likeness (QED) is 0.933. The molecule has 2 aromatic rings. The number of halogens is 2. The summed E-state index contributed by atoms with van der Waals surface area (Å²) in [7, 11) is 0. The Kier molecular flexibility index (Phi) is 3.80. The molecule has 0 unspecified atom stereocenters. The van der Waals surface area contributed by atoms with Crippen molar-refractivity contribution in [2.75, 3.05) is 6.61 Å². The third kappa shape index (κ3) is 2.73. The van der Waals surface area contributed by atoms with Gasteiger partial charge in [0.05, 0.1) is 18.9 Å². The van der Waals surface area contributed by atoms with Crippen LogP contribution in [0, 0.1) is 11.6 Å². The number of furan rings is 1. The van der Waals surface area contributed by atoms with Crippen molar-refractivity contribution in [3.05, 3.63) is 59.6 Å². The van der Waals surface area contributed by atoms with E-state index in [4.69, 9.17) is 9.15 Å². The van der Waals surface area contributed by atoms with Crippen molar-refractivity contribution in [3.8, 4) is 0 Å². The maximum Gasteiger partial charge on any atom is 0.159 e. The van der Waals surface area contributed by atoms with Crippen molar-refractivity contribution in [1.82, 2.24) is 5.32 Å². The lowest BCUT2D eigenvalue weighted by Gasteiger charge is -2.20. The highest BCUT2D eigenvalue weighted by Gasteiger charge is 2.30. The summed E-state index contributed by atoms with van der Waals surface area (Å²) in [4.78, 5) is 0. The van der Waals surface area contributed by atoms with E-state index in [0.29, 0.717) is 18.7 Å². The second-order valence-electron chi connectivity index (χ2n) is 4.82. The molecule has 20 heavy (non-hydrogen) atoms.